The molecule has 2 aromatic rings. The highest BCUT2D eigenvalue weighted by Gasteiger charge is 2.02. The zero-order chi connectivity index (χ0) is 17.0. The third-order valence-corrected chi connectivity index (χ3v) is 3.46. The molecule has 25 heavy (non-hydrogen) atoms. The van der Waals surface area contributed by atoms with Crippen molar-refractivity contribution < 1.29 is 13.9 Å². The topological polar surface area (TPSA) is 68.0 Å². The quantitative estimate of drug-likeness (QED) is 0.261. The maximum absolute atomic E-state index is 5.68. The van der Waals surface area contributed by atoms with Crippen LogP contribution < -0.4 is 15.4 Å². The monoisotopic (exact) mass is 459 g/mol. The van der Waals surface area contributed by atoms with Gasteiger partial charge >= 0.3 is 0 Å². The van der Waals surface area contributed by atoms with Gasteiger partial charge in [-0.2, -0.15) is 0 Å². The van der Waals surface area contributed by atoms with E-state index in [1.54, 1.807) is 20.4 Å². The van der Waals surface area contributed by atoms with Crippen LogP contribution in [0.5, 0.6) is 5.75 Å². The lowest BCUT2D eigenvalue weighted by molar-refractivity contribution is 0.123. The Kier molecular flexibility index (Phi) is 10.7. The SMILES string of the molecule is CN=C(NCCOCc1ccccc1OC)NCCc1ccco1.I. The van der Waals surface area contributed by atoms with Gasteiger partial charge in [0.25, 0.3) is 0 Å². The number of rotatable bonds is 9. The Morgan fingerprint density at radius 1 is 1.12 bits per heavy atom. The Morgan fingerprint density at radius 3 is 2.64 bits per heavy atom. The van der Waals surface area contributed by atoms with Crippen LogP contribution in [0, 0.1) is 0 Å². The lowest BCUT2D eigenvalue weighted by Crippen LogP contribution is -2.39. The fraction of sp³-hybridized carbons (Fsp3) is 0.389. The molecule has 2 N–H and O–H groups in total. The van der Waals surface area contributed by atoms with E-state index < -0.39 is 0 Å². The number of benzene rings is 1. The first-order valence-electron chi connectivity index (χ1n) is 8.00. The highest BCUT2D eigenvalue weighted by molar-refractivity contribution is 14.0. The lowest BCUT2D eigenvalue weighted by atomic mass is 10.2. The molecule has 0 spiro atoms. The van der Waals surface area contributed by atoms with Gasteiger partial charge in [0.05, 0.1) is 26.6 Å². The molecule has 0 saturated heterocycles. The van der Waals surface area contributed by atoms with E-state index in [0.717, 1.165) is 36.0 Å². The van der Waals surface area contributed by atoms with E-state index in [-0.39, 0.29) is 24.0 Å². The summed E-state index contributed by atoms with van der Waals surface area (Å²) in [6.45, 7) is 2.54. The molecule has 1 aromatic heterocycles. The van der Waals surface area contributed by atoms with Gasteiger partial charge in [-0.15, -0.1) is 24.0 Å². The van der Waals surface area contributed by atoms with Crippen molar-refractivity contribution in [2.75, 3.05) is 33.9 Å². The van der Waals surface area contributed by atoms with E-state index in [1.807, 2.05) is 36.4 Å². The van der Waals surface area contributed by atoms with Crippen LogP contribution in [-0.2, 0) is 17.8 Å². The molecule has 0 fully saturated rings. The summed E-state index contributed by atoms with van der Waals surface area (Å²) in [7, 11) is 3.41. The second-order valence-corrected chi connectivity index (χ2v) is 5.12. The standard InChI is InChI=1S/C18H25N3O3.HI/c1-19-18(20-10-9-16-7-5-12-24-16)21-11-13-23-14-15-6-3-4-8-17(15)22-2;/h3-8,12H,9-11,13-14H2,1-2H3,(H2,19,20,21);1H. The predicted molar refractivity (Wildman–Crippen MR) is 110 cm³/mol. The van der Waals surface area contributed by atoms with Crippen molar-refractivity contribution in [3.63, 3.8) is 0 Å². The highest BCUT2D eigenvalue weighted by Crippen LogP contribution is 2.17. The molecular weight excluding hydrogens is 433 g/mol. The average Bonchev–Trinajstić information content (AvgIpc) is 3.13. The molecule has 1 heterocycles. The first kappa shape index (κ1) is 21.3. The Balaban J connectivity index is 0.00000312. The number of guanidine groups is 1. The van der Waals surface area contributed by atoms with E-state index in [9.17, 15) is 0 Å². The summed E-state index contributed by atoms with van der Waals surface area (Å²) in [6, 6.07) is 11.7. The fourth-order valence-electron chi connectivity index (χ4n) is 2.23. The molecule has 0 aliphatic rings. The van der Waals surface area contributed by atoms with Gasteiger partial charge in [-0.3, -0.25) is 4.99 Å². The number of aliphatic imine (C=N–C) groups is 1. The zero-order valence-corrected chi connectivity index (χ0v) is 17.0. The van der Waals surface area contributed by atoms with Crippen molar-refractivity contribution in [2.24, 2.45) is 4.99 Å². The van der Waals surface area contributed by atoms with E-state index in [4.69, 9.17) is 13.9 Å². The van der Waals surface area contributed by atoms with E-state index in [1.165, 1.54) is 0 Å². The summed E-state index contributed by atoms with van der Waals surface area (Å²) < 4.78 is 16.3. The molecular formula is C18H26IN3O3. The Morgan fingerprint density at radius 2 is 1.92 bits per heavy atom. The van der Waals surface area contributed by atoms with Crippen molar-refractivity contribution >= 4 is 29.9 Å². The first-order chi connectivity index (χ1) is 11.8. The number of ether oxygens (including phenoxy) is 2. The molecule has 0 aliphatic carbocycles. The van der Waals surface area contributed by atoms with Crippen molar-refractivity contribution in [3.05, 3.63) is 54.0 Å². The van der Waals surface area contributed by atoms with Gasteiger partial charge in [-0.05, 0) is 18.2 Å². The summed E-state index contributed by atoms with van der Waals surface area (Å²) in [4.78, 5) is 4.18. The molecule has 0 amide bonds. The minimum Gasteiger partial charge on any atom is -0.496 e. The normalized spacial score (nSPS) is 10.9. The summed E-state index contributed by atoms with van der Waals surface area (Å²) in [5.74, 6) is 2.56. The average molecular weight is 459 g/mol. The summed E-state index contributed by atoms with van der Waals surface area (Å²) in [5, 5.41) is 6.45. The summed E-state index contributed by atoms with van der Waals surface area (Å²) in [5.41, 5.74) is 1.04. The molecule has 1 aromatic carbocycles. The van der Waals surface area contributed by atoms with Gasteiger partial charge in [0.2, 0.25) is 0 Å². The van der Waals surface area contributed by atoms with Crippen molar-refractivity contribution in [1.29, 1.82) is 0 Å². The number of methoxy groups -OCH3 is 1. The van der Waals surface area contributed by atoms with Crippen molar-refractivity contribution in [3.8, 4) is 5.75 Å². The lowest BCUT2D eigenvalue weighted by Gasteiger charge is -2.12. The van der Waals surface area contributed by atoms with Crippen LogP contribution in [0.1, 0.15) is 11.3 Å². The van der Waals surface area contributed by atoms with E-state index in [2.05, 4.69) is 15.6 Å². The smallest absolute Gasteiger partial charge is 0.191 e. The Bertz CT molecular complexity index is 618. The highest BCUT2D eigenvalue weighted by atomic mass is 127. The van der Waals surface area contributed by atoms with Gasteiger partial charge < -0.3 is 24.5 Å². The van der Waals surface area contributed by atoms with Crippen LogP contribution in [0.4, 0.5) is 0 Å². The third-order valence-electron chi connectivity index (χ3n) is 3.46. The molecule has 0 radical (unpaired) electrons. The first-order valence-corrected chi connectivity index (χ1v) is 8.00. The van der Waals surface area contributed by atoms with Crippen LogP contribution in [0.15, 0.2) is 52.1 Å². The van der Waals surface area contributed by atoms with Gasteiger partial charge in [0.15, 0.2) is 5.96 Å². The van der Waals surface area contributed by atoms with Crippen LogP contribution in [0.2, 0.25) is 0 Å². The predicted octanol–water partition coefficient (Wildman–Crippen LogP) is 2.83. The largest absolute Gasteiger partial charge is 0.496 e. The van der Waals surface area contributed by atoms with Gasteiger partial charge in [0, 0.05) is 32.1 Å². The van der Waals surface area contributed by atoms with Crippen LogP contribution in [0.3, 0.4) is 0 Å². The maximum atomic E-state index is 5.68. The minimum absolute atomic E-state index is 0. The third kappa shape index (κ3) is 7.78. The molecule has 0 bridgehead atoms. The van der Waals surface area contributed by atoms with Crippen LogP contribution in [0.25, 0.3) is 0 Å². The maximum Gasteiger partial charge on any atom is 0.191 e. The molecule has 0 aliphatic heterocycles. The Labute approximate surface area is 166 Å². The number of furan rings is 1. The van der Waals surface area contributed by atoms with Crippen LogP contribution >= 0.6 is 24.0 Å². The van der Waals surface area contributed by atoms with E-state index in [0.29, 0.717) is 19.8 Å². The number of nitrogens with one attached hydrogen (secondary N) is 2. The second kappa shape index (κ2) is 12.6. The molecule has 2 rings (SSSR count). The number of para-hydroxylation sites is 1. The molecule has 6 nitrogen and oxygen atoms in total. The van der Waals surface area contributed by atoms with Crippen LogP contribution in [-0.4, -0.2) is 39.8 Å². The number of nitrogens with zero attached hydrogens (tertiary/aromatic N) is 1. The van der Waals surface area contributed by atoms with Gasteiger partial charge in [-0.1, -0.05) is 18.2 Å². The fourth-order valence-corrected chi connectivity index (χ4v) is 2.23. The second-order valence-electron chi connectivity index (χ2n) is 5.12. The number of halogens is 1. The Hall–Kier alpha value is -1.74. The number of hydrogen-bond acceptors (Lipinski definition) is 4. The molecule has 0 atom stereocenters. The molecule has 0 saturated carbocycles. The zero-order valence-electron chi connectivity index (χ0n) is 14.7. The molecule has 0 unspecified atom stereocenters. The summed E-state index contributed by atoms with van der Waals surface area (Å²) >= 11 is 0. The minimum atomic E-state index is 0. The van der Waals surface area contributed by atoms with Crippen molar-refractivity contribution in [1.82, 2.24) is 10.6 Å². The van der Waals surface area contributed by atoms with Gasteiger partial charge in [0.1, 0.15) is 11.5 Å². The molecule has 7 heteroatoms. The van der Waals surface area contributed by atoms with Gasteiger partial charge in [-0.25, -0.2) is 0 Å². The number of hydrogen-bond donors (Lipinski definition) is 2. The summed E-state index contributed by atoms with van der Waals surface area (Å²) in [6.07, 6.45) is 2.50. The van der Waals surface area contributed by atoms with E-state index >= 15 is 0 Å². The van der Waals surface area contributed by atoms with Crippen molar-refractivity contribution in [2.45, 2.75) is 13.0 Å². The molecule has 138 valence electrons.